The molecule has 2 aliphatic heterocycles. The fourth-order valence-corrected chi connectivity index (χ4v) is 4.78. The van der Waals surface area contributed by atoms with Crippen molar-refractivity contribution in [2.45, 2.75) is 25.3 Å². The van der Waals surface area contributed by atoms with Gasteiger partial charge in [-0.15, -0.1) is 11.3 Å². The van der Waals surface area contributed by atoms with E-state index in [2.05, 4.69) is 34.0 Å². The van der Waals surface area contributed by atoms with Crippen LogP contribution in [0.1, 0.15) is 19.3 Å². The highest BCUT2D eigenvalue weighted by atomic mass is 32.1. The number of aromatic nitrogens is 1. The molecule has 1 aromatic carbocycles. The molecule has 3 heterocycles. The molecular formula is C16H22N4S. The molecule has 1 aromatic heterocycles. The average Bonchev–Trinajstić information content (AvgIpc) is 2.97. The predicted octanol–water partition coefficient (Wildman–Crippen LogP) is 2.80. The Morgan fingerprint density at radius 2 is 2.19 bits per heavy atom. The molecule has 2 fully saturated rings. The van der Waals surface area contributed by atoms with Gasteiger partial charge < -0.3 is 15.5 Å². The number of piperidine rings is 2. The molecule has 0 spiro atoms. The minimum Gasteiger partial charge on any atom is -0.395 e. The summed E-state index contributed by atoms with van der Waals surface area (Å²) in [5, 5.41) is 0. The third kappa shape index (κ3) is 2.19. The van der Waals surface area contributed by atoms with E-state index in [9.17, 15) is 0 Å². The molecule has 0 aliphatic carbocycles. The molecule has 0 saturated carbocycles. The van der Waals surface area contributed by atoms with Gasteiger partial charge in [-0.1, -0.05) is 0 Å². The van der Waals surface area contributed by atoms with Gasteiger partial charge in [-0.05, 0) is 50.9 Å². The first-order chi connectivity index (χ1) is 10.2. The van der Waals surface area contributed by atoms with Crippen LogP contribution in [-0.2, 0) is 0 Å². The molecule has 2 atom stereocenters. The van der Waals surface area contributed by atoms with E-state index < -0.39 is 0 Å². The van der Waals surface area contributed by atoms with E-state index in [4.69, 9.17) is 5.73 Å². The first kappa shape index (κ1) is 13.3. The highest BCUT2D eigenvalue weighted by Crippen LogP contribution is 2.37. The minimum atomic E-state index is 0.763. The zero-order valence-electron chi connectivity index (χ0n) is 12.5. The second-order valence-electron chi connectivity index (χ2n) is 6.38. The predicted molar refractivity (Wildman–Crippen MR) is 90.0 cm³/mol. The number of nitrogens with two attached hydrogens (primary N) is 1. The summed E-state index contributed by atoms with van der Waals surface area (Å²) in [7, 11) is 2.28. The van der Waals surface area contributed by atoms with Gasteiger partial charge in [0.05, 0.1) is 21.6 Å². The van der Waals surface area contributed by atoms with Crippen molar-refractivity contribution in [3.05, 3.63) is 17.6 Å². The minimum absolute atomic E-state index is 0.763. The fraction of sp³-hybridized carbons (Fsp3) is 0.562. The van der Waals surface area contributed by atoms with Gasteiger partial charge in [-0.25, -0.2) is 4.98 Å². The summed E-state index contributed by atoms with van der Waals surface area (Å²) >= 11 is 1.66. The number of nitrogens with zero attached hydrogens (tertiary/aromatic N) is 3. The lowest BCUT2D eigenvalue weighted by Crippen LogP contribution is -2.52. The topological polar surface area (TPSA) is 45.4 Å². The van der Waals surface area contributed by atoms with Crippen LogP contribution in [0.2, 0.25) is 0 Å². The van der Waals surface area contributed by atoms with Crippen molar-refractivity contribution < 1.29 is 0 Å². The van der Waals surface area contributed by atoms with E-state index in [0.29, 0.717) is 0 Å². The summed E-state index contributed by atoms with van der Waals surface area (Å²) in [6, 6.07) is 5.11. The van der Waals surface area contributed by atoms with Crippen LogP contribution < -0.4 is 10.6 Å². The van der Waals surface area contributed by atoms with Crippen LogP contribution in [-0.4, -0.2) is 42.6 Å². The van der Waals surface area contributed by atoms with Gasteiger partial charge in [0.2, 0.25) is 0 Å². The number of anilines is 2. The van der Waals surface area contributed by atoms with Crippen molar-refractivity contribution in [1.29, 1.82) is 0 Å². The molecule has 0 amide bonds. The lowest BCUT2D eigenvalue weighted by atomic mass is 9.84. The molecule has 2 saturated heterocycles. The van der Waals surface area contributed by atoms with Crippen LogP contribution in [0.4, 0.5) is 11.4 Å². The third-order valence-electron chi connectivity index (χ3n) is 5.20. The fourth-order valence-electron chi connectivity index (χ4n) is 4.09. The smallest absolute Gasteiger partial charge is 0.106 e. The van der Waals surface area contributed by atoms with Crippen molar-refractivity contribution in [2.24, 2.45) is 5.92 Å². The van der Waals surface area contributed by atoms with Gasteiger partial charge in [-0.2, -0.15) is 0 Å². The second kappa shape index (κ2) is 5.14. The second-order valence-corrected chi connectivity index (χ2v) is 7.27. The lowest BCUT2D eigenvalue weighted by Gasteiger charge is -2.46. The molecule has 2 aromatic rings. The van der Waals surface area contributed by atoms with Crippen molar-refractivity contribution in [1.82, 2.24) is 9.88 Å². The van der Waals surface area contributed by atoms with Crippen molar-refractivity contribution in [3.63, 3.8) is 0 Å². The number of likely N-dealkylation sites (tertiary alicyclic amines) is 1. The number of thiazole rings is 1. The van der Waals surface area contributed by atoms with Crippen LogP contribution in [0.3, 0.4) is 0 Å². The Kier molecular flexibility index (Phi) is 3.27. The van der Waals surface area contributed by atoms with Crippen LogP contribution in [0.5, 0.6) is 0 Å². The van der Waals surface area contributed by atoms with Gasteiger partial charge in [0.1, 0.15) is 5.52 Å². The summed E-state index contributed by atoms with van der Waals surface area (Å²) in [5.41, 5.74) is 11.3. The zero-order chi connectivity index (χ0) is 14.4. The SMILES string of the molecule is CN1CCCC2CN(c3ccc4scnc4c3N)CCC21. The highest BCUT2D eigenvalue weighted by molar-refractivity contribution is 7.16. The normalized spacial score (nSPS) is 27.0. The maximum atomic E-state index is 6.38. The maximum absolute atomic E-state index is 6.38. The summed E-state index contributed by atoms with van der Waals surface area (Å²) in [6.07, 6.45) is 3.92. The number of benzene rings is 1. The van der Waals surface area contributed by atoms with E-state index in [1.807, 2.05) is 5.51 Å². The Bertz CT molecular complexity index is 653. The Labute approximate surface area is 129 Å². The quantitative estimate of drug-likeness (QED) is 0.823. The van der Waals surface area contributed by atoms with Crippen LogP contribution >= 0.6 is 11.3 Å². The van der Waals surface area contributed by atoms with E-state index in [1.54, 1.807) is 11.3 Å². The molecule has 2 aliphatic rings. The average molecular weight is 302 g/mol. The Morgan fingerprint density at radius 3 is 3.10 bits per heavy atom. The van der Waals surface area contributed by atoms with E-state index in [-0.39, 0.29) is 0 Å². The van der Waals surface area contributed by atoms with Gasteiger partial charge in [0, 0.05) is 19.1 Å². The van der Waals surface area contributed by atoms with E-state index >= 15 is 0 Å². The molecule has 0 radical (unpaired) electrons. The van der Waals surface area contributed by atoms with Gasteiger partial charge in [0.25, 0.3) is 0 Å². The van der Waals surface area contributed by atoms with Crippen molar-refractivity contribution >= 4 is 32.9 Å². The first-order valence-electron chi connectivity index (χ1n) is 7.81. The summed E-state index contributed by atoms with van der Waals surface area (Å²) in [5.74, 6) is 0.781. The van der Waals surface area contributed by atoms with Gasteiger partial charge >= 0.3 is 0 Å². The highest BCUT2D eigenvalue weighted by Gasteiger charge is 2.34. The van der Waals surface area contributed by atoms with Gasteiger partial charge in [-0.3, -0.25) is 0 Å². The molecule has 2 unspecified atom stereocenters. The third-order valence-corrected chi connectivity index (χ3v) is 6.00. The molecule has 4 nitrogen and oxygen atoms in total. The Morgan fingerprint density at radius 1 is 1.29 bits per heavy atom. The number of rotatable bonds is 1. The molecule has 112 valence electrons. The summed E-state index contributed by atoms with van der Waals surface area (Å²) < 4.78 is 1.18. The first-order valence-corrected chi connectivity index (χ1v) is 8.69. The summed E-state index contributed by atoms with van der Waals surface area (Å²) in [6.45, 7) is 3.49. The number of nitrogen functional groups attached to an aromatic ring is 1. The number of hydrogen-bond acceptors (Lipinski definition) is 5. The van der Waals surface area contributed by atoms with Crippen LogP contribution in [0.25, 0.3) is 10.2 Å². The van der Waals surface area contributed by atoms with Crippen molar-refractivity contribution in [3.8, 4) is 0 Å². The molecular weight excluding hydrogens is 280 g/mol. The molecule has 4 rings (SSSR count). The monoisotopic (exact) mass is 302 g/mol. The zero-order valence-corrected chi connectivity index (χ0v) is 13.3. The molecule has 21 heavy (non-hydrogen) atoms. The lowest BCUT2D eigenvalue weighted by molar-refractivity contribution is 0.102. The number of hydrogen-bond donors (Lipinski definition) is 1. The molecule has 5 heteroatoms. The Hall–Kier alpha value is -1.33. The van der Waals surface area contributed by atoms with Crippen LogP contribution in [0.15, 0.2) is 17.6 Å². The molecule has 0 bridgehead atoms. The maximum Gasteiger partial charge on any atom is 0.106 e. The standard InChI is InChI=1S/C16H22N4S/c1-19-7-2-3-11-9-20(8-6-12(11)19)13-4-5-14-16(15(13)17)18-10-21-14/h4-5,10-12H,2-3,6-9,17H2,1H3. The van der Waals surface area contributed by atoms with E-state index in [1.165, 1.54) is 36.2 Å². The Balaban J connectivity index is 1.62. The van der Waals surface area contributed by atoms with Crippen LogP contribution in [0, 0.1) is 5.92 Å². The van der Waals surface area contributed by atoms with Gasteiger partial charge in [0.15, 0.2) is 0 Å². The van der Waals surface area contributed by atoms with Crippen molar-refractivity contribution in [2.75, 3.05) is 37.3 Å². The largest absolute Gasteiger partial charge is 0.395 e. The molecule has 2 N–H and O–H groups in total. The number of fused-ring (bicyclic) bond motifs is 2. The van der Waals surface area contributed by atoms with E-state index in [0.717, 1.165) is 36.3 Å². The summed E-state index contributed by atoms with van der Waals surface area (Å²) in [4.78, 5) is 9.46.